The van der Waals surface area contributed by atoms with E-state index < -0.39 is 15.7 Å². The molecular formula is C16H17N3O4S. The van der Waals surface area contributed by atoms with Crippen LogP contribution in [0.2, 0.25) is 0 Å². The van der Waals surface area contributed by atoms with Crippen LogP contribution in [0.1, 0.15) is 17.5 Å². The fourth-order valence-electron chi connectivity index (χ4n) is 2.20. The topological polar surface area (TPSA) is 94.2 Å². The second kappa shape index (κ2) is 6.48. The minimum atomic E-state index is -3.05. The van der Waals surface area contributed by atoms with Crippen molar-refractivity contribution in [2.45, 2.75) is 13.5 Å². The van der Waals surface area contributed by atoms with Crippen molar-refractivity contribution in [3.8, 4) is 0 Å². The second-order valence-electron chi connectivity index (χ2n) is 5.30. The van der Waals surface area contributed by atoms with Gasteiger partial charge in [0, 0.05) is 23.4 Å². The zero-order valence-corrected chi connectivity index (χ0v) is 13.9. The van der Waals surface area contributed by atoms with Crippen LogP contribution in [0, 0.1) is 0 Å². The quantitative estimate of drug-likeness (QED) is 0.738. The van der Waals surface area contributed by atoms with Crippen molar-refractivity contribution in [1.82, 2.24) is 9.78 Å². The molecule has 3 aromatic rings. The zero-order valence-electron chi connectivity index (χ0n) is 13.1. The molecule has 1 N–H and O–H groups in total. The molecule has 126 valence electrons. The molecule has 0 aliphatic rings. The Balaban J connectivity index is 1.66. The minimum absolute atomic E-state index is 0.0160. The molecule has 0 saturated carbocycles. The molecule has 0 fully saturated rings. The third kappa shape index (κ3) is 3.65. The predicted octanol–water partition coefficient (Wildman–Crippen LogP) is 2.32. The van der Waals surface area contributed by atoms with Gasteiger partial charge in [0.2, 0.25) is 0 Å². The van der Waals surface area contributed by atoms with Crippen LogP contribution in [0.15, 0.2) is 47.0 Å². The summed E-state index contributed by atoms with van der Waals surface area (Å²) in [4.78, 5) is 12.2. The summed E-state index contributed by atoms with van der Waals surface area (Å²) in [6.45, 7) is 1.86. The highest BCUT2D eigenvalue weighted by Gasteiger charge is 2.14. The number of rotatable bonds is 6. The number of para-hydroxylation sites is 1. The Morgan fingerprint density at radius 3 is 2.83 bits per heavy atom. The Hall–Kier alpha value is -2.61. The van der Waals surface area contributed by atoms with Gasteiger partial charge in [0.15, 0.2) is 21.4 Å². The van der Waals surface area contributed by atoms with Gasteiger partial charge >= 0.3 is 0 Å². The Morgan fingerprint density at radius 2 is 2.08 bits per heavy atom. The van der Waals surface area contributed by atoms with E-state index in [9.17, 15) is 13.2 Å². The third-order valence-corrected chi connectivity index (χ3v) is 5.29. The number of amides is 1. The first-order valence-corrected chi connectivity index (χ1v) is 9.33. The molecule has 2 heterocycles. The van der Waals surface area contributed by atoms with Crippen LogP contribution in [0.3, 0.4) is 0 Å². The summed E-state index contributed by atoms with van der Waals surface area (Å²) >= 11 is 0. The molecule has 0 spiro atoms. The molecule has 0 aliphatic carbocycles. The van der Waals surface area contributed by atoms with Crippen molar-refractivity contribution in [3.63, 3.8) is 0 Å². The third-order valence-electron chi connectivity index (χ3n) is 3.60. The number of aryl methyl sites for hydroxylation is 1. The average molecular weight is 347 g/mol. The van der Waals surface area contributed by atoms with E-state index in [2.05, 4.69) is 10.4 Å². The molecule has 0 unspecified atom stereocenters. The maximum absolute atomic E-state index is 12.2. The van der Waals surface area contributed by atoms with E-state index in [0.717, 1.165) is 5.39 Å². The lowest BCUT2D eigenvalue weighted by atomic mass is 10.2. The molecule has 24 heavy (non-hydrogen) atoms. The average Bonchev–Trinajstić information content (AvgIpc) is 3.19. The normalized spacial score (nSPS) is 11.7. The fourth-order valence-corrected chi connectivity index (χ4v) is 2.96. The van der Waals surface area contributed by atoms with Gasteiger partial charge in [-0.2, -0.15) is 5.10 Å². The highest BCUT2D eigenvalue weighted by molar-refractivity contribution is 7.91. The lowest BCUT2D eigenvalue weighted by molar-refractivity contribution is 0.0998. The maximum atomic E-state index is 12.2. The summed E-state index contributed by atoms with van der Waals surface area (Å²) in [6, 6.07) is 10.6. The SMILES string of the molecule is CCS(=O)(=O)CCn1ccc(NC(=O)c2cc3ccccc3o2)n1. The van der Waals surface area contributed by atoms with E-state index in [4.69, 9.17) is 4.42 Å². The number of benzene rings is 1. The lowest BCUT2D eigenvalue weighted by Crippen LogP contribution is -2.16. The number of fused-ring (bicyclic) bond motifs is 1. The zero-order chi connectivity index (χ0) is 17.2. The van der Waals surface area contributed by atoms with Crippen LogP contribution < -0.4 is 5.32 Å². The monoisotopic (exact) mass is 347 g/mol. The van der Waals surface area contributed by atoms with Crippen LogP contribution in [0.4, 0.5) is 5.82 Å². The summed E-state index contributed by atoms with van der Waals surface area (Å²) < 4.78 is 30.0. The Morgan fingerprint density at radius 1 is 1.29 bits per heavy atom. The van der Waals surface area contributed by atoms with E-state index in [0.29, 0.717) is 11.4 Å². The molecule has 0 aliphatic heterocycles. The summed E-state index contributed by atoms with van der Waals surface area (Å²) in [7, 11) is -3.05. The summed E-state index contributed by atoms with van der Waals surface area (Å²) in [5, 5.41) is 7.63. The first-order chi connectivity index (χ1) is 11.5. The number of aromatic nitrogens is 2. The largest absolute Gasteiger partial charge is 0.451 e. The Bertz CT molecular complexity index is 939. The molecule has 0 saturated heterocycles. The number of anilines is 1. The molecular weight excluding hydrogens is 330 g/mol. The molecule has 3 rings (SSSR count). The predicted molar refractivity (Wildman–Crippen MR) is 90.7 cm³/mol. The number of furan rings is 1. The molecule has 0 atom stereocenters. The lowest BCUT2D eigenvalue weighted by Gasteiger charge is -2.02. The number of hydrogen-bond donors (Lipinski definition) is 1. The first kappa shape index (κ1) is 16.3. The van der Waals surface area contributed by atoms with E-state index in [1.165, 1.54) is 4.68 Å². The molecule has 8 heteroatoms. The number of nitrogens with one attached hydrogen (secondary N) is 1. The highest BCUT2D eigenvalue weighted by Crippen LogP contribution is 2.19. The Labute approximate surface area is 139 Å². The smallest absolute Gasteiger partial charge is 0.292 e. The number of carbonyl (C=O) groups is 1. The molecule has 1 amide bonds. The van der Waals surface area contributed by atoms with Crippen LogP contribution in [-0.2, 0) is 16.4 Å². The van der Waals surface area contributed by atoms with E-state index in [-0.39, 0.29) is 23.8 Å². The molecule has 7 nitrogen and oxygen atoms in total. The number of hydrogen-bond acceptors (Lipinski definition) is 5. The van der Waals surface area contributed by atoms with Crippen molar-refractivity contribution in [2.24, 2.45) is 0 Å². The standard InChI is InChI=1S/C16H17N3O4S/c1-2-24(21,22)10-9-19-8-7-15(18-19)17-16(20)14-11-12-5-3-4-6-13(12)23-14/h3-8,11H,2,9-10H2,1H3,(H,17,18,20). The molecule has 2 aromatic heterocycles. The van der Waals surface area contributed by atoms with Crippen LogP contribution in [0.25, 0.3) is 11.0 Å². The van der Waals surface area contributed by atoms with E-state index in [1.807, 2.05) is 18.2 Å². The van der Waals surface area contributed by atoms with Crippen LogP contribution in [0.5, 0.6) is 0 Å². The van der Waals surface area contributed by atoms with Crippen LogP contribution >= 0.6 is 0 Å². The molecule has 0 radical (unpaired) electrons. The van der Waals surface area contributed by atoms with E-state index in [1.54, 1.807) is 31.3 Å². The van der Waals surface area contributed by atoms with Crippen molar-refractivity contribution in [2.75, 3.05) is 16.8 Å². The van der Waals surface area contributed by atoms with Crippen molar-refractivity contribution in [1.29, 1.82) is 0 Å². The summed E-state index contributed by atoms with van der Waals surface area (Å²) in [5.41, 5.74) is 0.637. The molecule has 0 bridgehead atoms. The van der Waals surface area contributed by atoms with E-state index >= 15 is 0 Å². The van der Waals surface area contributed by atoms with Crippen molar-refractivity contribution < 1.29 is 17.6 Å². The minimum Gasteiger partial charge on any atom is -0.451 e. The number of nitrogens with zero attached hydrogens (tertiary/aromatic N) is 2. The number of sulfone groups is 1. The van der Waals surface area contributed by atoms with Gasteiger partial charge in [-0.25, -0.2) is 8.42 Å². The summed E-state index contributed by atoms with van der Waals surface area (Å²) in [5.74, 6) is 0.248. The van der Waals surface area contributed by atoms with Gasteiger partial charge in [-0.1, -0.05) is 25.1 Å². The van der Waals surface area contributed by atoms with Gasteiger partial charge in [-0.15, -0.1) is 0 Å². The maximum Gasteiger partial charge on any atom is 0.292 e. The van der Waals surface area contributed by atoms with Crippen molar-refractivity contribution in [3.05, 3.63) is 48.4 Å². The molecule has 1 aromatic carbocycles. The van der Waals surface area contributed by atoms with Gasteiger partial charge in [-0.3, -0.25) is 9.48 Å². The summed E-state index contributed by atoms with van der Waals surface area (Å²) in [6.07, 6.45) is 1.62. The number of carbonyl (C=O) groups excluding carboxylic acids is 1. The fraction of sp³-hybridized carbons (Fsp3) is 0.250. The highest BCUT2D eigenvalue weighted by atomic mass is 32.2. The van der Waals surface area contributed by atoms with Gasteiger partial charge in [-0.05, 0) is 12.1 Å². The van der Waals surface area contributed by atoms with Gasteiger partial charge in [0.1, 0.15) is 5.58 Å². The van der Waals surface area contributed by atoms with Gasteiger partial charge in [0.25, 0.3) is 5.91 Å². The second-order valence-corrected chi connectivity index (χ2v) is 7.78. The van der Waals surface area contributed by atoms with Crippen molar-refractivity contribution >= 4 is 32.5 Å². The Kier molecular flexibility index (Phi) is 4.39. The van der Waals surface area contributed by atoms with Gasteiger partial charge < -0.3 is 9.73 Å². The first-order valence-electron chi connectivity index (χ1n) is 7.50. The van der Waals surface area contributed by atoms with Gasteiger partial charge in [0.05, 0.1) is 12.3 Å². The van der Waals surface area contributed by atoms with Crippen LogP contribution in [-0.4, -0.2) is 35.6 Å².